The molecule has 4 heteroatoms. The van der Waals surface area contributed by atoms with Gasteiger partial charge >= 0.3 is 0 Å². The van der Waals surface area contributed by atoms with Gasteiger partial charge in [-0.2, -0.15) is 0 Å². The fraction of sp³-hybridized carbons (Fsp3) is 0.200. The van der Waals surface area contributed by atoms with Crippen LogP contribution in [0, 0.1) is 6.92 Å². The van der Waals surface area contributed by atoms with Crippen molar-refractivity contribution in [1.29, 1.82) is 0 Å². The summed E-state index contributed by atoms with van der Waals surface area (Å²) in [4.78, 5) is 26.8. The Kier molecular flexibility index (Phi) is 4.08. The van der Waals surface area contributed by atoms with Gasteiger partial charge in [0.2, 0.25) is 0 Å². The third-order valence-electron chi connectivity index (χ3n) is 4.34. The second-order valence-corrected chi connectivity index (χ2v) is 6.05. The van der Waals surface area contributed by atoms with Crippen molar-refractivity contribution in [2.45, 2.75) is 18.9 Å². The van der Waals surface area contributed by atoms with E-state index in [1.54, 1.807) is 42.5 Å². The summed E-state index contributed by atoms with van der Waals surface area (Å²) in [5, 5.41) is 11.0. The van der Waals surface area contributed by atoms with Gasteiger partial charge in [-0.25, -0.2) is 0 Å². The maximum atomic E-state index is 12.8. The van der Waals surface area contributed by atoms with Crippen LogP contribution in [0.25, 0.3) is 0 Å². The number of ketones is 1. The van der Waals surface area contributed by atoms with Gasteiger partial charge in [-0.1, -0.05) is 54.1 Å². The van der Waals surface area contributed by atoms with E-state index in [0.29, 0.717) is 16.8 Å². The molecule has 0 aliphatic carbocycles. The van der Waals surface area contributed by atoms with Gasteiger partial charge in [0, 0.05) is 17.7 Å². The van der Waals surface area contributed by atoms with Crippen LogP contribution in [-0.4, -0.2) is 23.3 Å². The number of carbonyl (C=O) groups is 2. The quantitative estimate of drug-likeness (QED) is 0.680. The molecule has 0 bridgehead atoms. The van der Waals surface area contributed by atoms with E-state index in [1.807, 2.05) is 19.1 Å². The van der Waals surface area contributed by atoms with Crippen LogP contribution in [0.5, 0.6) is 0 Å². The normalized spacial score (nSPS) is 19.2. The molecule has 1 aliphatic rings. The molecule has 0 spiro atoms. The van der Waals surface area contributed by atoms with Crippen molar-refractivity contribution >= 4 is 17.4 Å². The van der Waals surface area contributed by atoms with E-state index in [2.05, 4.69) is 6.58 Å². The van der Waals surface area contributed by atoms with Gasteiger partial charge in [0.25, 0.3) is 5.91 Å². The van der Waals surface area contributed by atoms with Crippen LogP contribution in [0.4, 0.5) is 5.69 Å². The molecule has 0 fully saturated rings. The van der Waals surface area contributed by atoms with Crippen molar-refractivity contribution < 1.29 is 14.7 Å². The minimum absolute atomic E-state index is 0.263. The predicted molar refractivity (Wildman–Crippen MR) is 93.0 cm³/mol. The number of benzene rings is 2. The first-order valence-electron chi connectivity index (χ1n) is 7.82. The molecule has 2 aromatic carbocycles. The Morgan fingerprint density at radius 3 is 2.54 bits per heavy atom. The molecular weight excluding hydrogens is 302 g/mol. The lowest BCUT2D eigenvalue weighted by atomic mass is 9.88. The molecule has 4 nitrogen and oxygen atoms in total. The van der Waals surface area contributed by atoms with Crippen molar-refractivity contribution in [3.8, 4) is 0 Å². The molecule has 24 heavy (non-hydrogen) atoms. The molecule has 2 aromatic rings. The van der Waals surface area contributed by atoms with E-state index in [4.69, 9.17) is 0 Å². The Balaban J connectivity index is 1.97. The first-order chi connectivity index (χ1) is 11.5. The molecule has 1 amide bonds. The zero-order chi connectivity index (χ0) is 17.3. The van der Waals surface area contributed by atoms with E-state index in [9.17, 15) is 14.7 Å². The number of carbonyl (C=O) groups excluding carboxylic acids is 2. The van der Waals surface area contributed by atoms with Gasteiger partial charge in [-0.3, -0.25) is 9.59 Å². The maximum absolute atomic E-state index is 12.8. The molecule has 3 rings (SSSR count). The van der Waals surface area contributed by atoms with E-state index in [-0.39, 0.29) is 18.7 Å². The number of fused-ring (bicyclic) bond motifs is 1. The first kappa shape index (κ1) is 16.1. The molecule has 1 N–H and O–H groups in total. The molecule has 1 heterocycles. The summed E-state index contributed by atoms with van der Waals surface area (Å²) < 4.78 is 0. The number of para-hydroxylation sites is 1. The SMILES string of the molecule is C=CCN1C(=O)C(O)(CC(=O)c2ccc(C)cc2)c2ccccc21. The van der Waals surface area contributed by atoms with Gasteiger partial charge in [-0.05, 0) is 13.0 Å². The maximum Gasteiger partial charge on any atom is 0.264 e. The predicted octanol–water partition coefficient (Wildman–Crippen LogP) is 2.99. The number of aliphatic hydroxyl groups is 1. The zero-order valence-corrected chi connectivity index (χ0v) is 13.5. The number of hydrogen-bond acceptors (Lipinski definition) is 3. The number of Topliss-reactive ketones (excluding diaryl/α,β-unsaturated/α-hetero) is 1. The summed E-state index contributed by atoms with van der Waals surface area (Å²) in [5.74, 6) is -0.745. The highest BCUT2D eigenvalue weighted by molar-refractivity contribution is 6.10. The van der Waals surface area contributed by atoms with Crippen LogP contribution < -0.4 is 4.90 Å². The Bertz CT molecular complexity index is 810. The van der Waals surface area contributed by atoms with Crippen LogP contribution in [0.3, 0.4) is 0 Å². The molecule has 122 valence electrons. The van der Waals surface area contributed by atoms with E-state index in [0.717, 1.165) is 5.56 Å². The van der Waals surface area contributed by atoms with Crippen LogP contribution in [0.2, 0.25) is 0 Å². The van der Waals surface area contributed by atoms with E-state index >= 15 is 0 Å². The lowest BCUT2D eigenvalue weighted by molar-refractivity contribution is -0.135. The fourth-order valence-corrected chi connectivity index (χ4v) is 3.06. The summed E-state index contributed by atoms with van der Waals surface area (Å²) in [7, 11) is 0. The Labute approximate surface area is 141 Å². The second-order valence-electron chi connectivity index (χ2n) is 6.05. The van der Waals surface area contributed by atoms with Crippen LogP contribution in [0.1, 0.15) is 27.9 Å². The lowest BCUT2D eigenvalue weighted by Crippen LogP contribution is -2.41. The van der Waals surface area contributed by atoms with Crippen molar-refractivity contribution in [2.75, 3.05) is 11.4 Å². The molecular formula is C20H19NO3. The number of nitrogens with zero attached hydrogens (tertiary/aromatic N) is 1. The third-order valence-corrected chi connectivity index (χ3v) is 4.34. The Hall–Kier alpha value is -2.72. The molecule has 1 atom stereocenters. The van der Waals surface area contributed by atoms with Crippen molar-refractivity contribution in [3.63, 3.8) is 0 Å². The number of rotatable bonds is 5. The Morgan fingerprint density at radius 1 is 1.21 bits per heavy atom. The van der Waals surface area contributed by atoms with Crippen LogP contribution >= 0.6 is 0 Å². The number of anilines is 1. The second kappa shape index (κ2) is 6.06. The molecule has 0 aromatic heterocycles. The van der Waals surface area contributed by atoms with Gasteiger partial charge in [0.05, 0.1) is 12.1 Å². The standard InChI is InChI=1S/C20H19NO3/c1-3-12-21-17-7-5-4-6-16(17)20(24,19(21)23)13-18(22)15-10-8-14(2)9-11-15/h3-11,24H,1,12-13H2,2H3. The van der Waals surface area contributed by atoms with E-state index < -0.39 is 11.5 Å². The molecule has 1 unspecified atom stereocenters. The first-order valence-corrected chi connectivity index (χ1v) is 7.82. The number of hydrogen-bond donors (Lipinski definition) is 1. The average molecular weight is 321 g/mol. The van der Waals surface area contributed by atoms with Gasteiger partial charge < -0.3 is 10.0 Å². The summed E-state index contributed by atoms with van der Waals surface area (Å²) >= 11 is 0. The summed E-state index contributed by atoms with van der Waals surface area (Å²) in [5.41, 5.74) is 0.798. The Morgan fingerprint density at radius 2 is 1.88 bits per heavy atom. The zero-order valence-electron chi connectivity index (χ0n) is 13.5. The highest BCUT2D eigenvalue weighted by Crippen LogP contribution is 2.42. The van der Waals surface area contributed by atoms with Gasteiger partial charge in [-0.15, -0.1) is 6.58 Å². The monoisotopic (exact) mass is 321 g/mol. The fourth-order valence-electron chi connectivity index (χ4n) is 3.06. The average Bonchev–Trinajstić information content (AvgIpc) is 2.78. The highest BCUT2D eigenvalue weighted by Gasteiger charge is 2.50. The van der Waals surface area contributed by atoms with Gasteiger partial charge in [0.1, 0.15) is 0 Å². The molecule has 1 aliphatic heterocycles. The van der Waals surface area contributed by atoms with Crippen LogP contribution in [-0.2, 0) is 10.4 Å². The lowest BCUT2D eigenvalue weighted by Gasteiger charge is -2.22. The smallest absolute Gasteiger partial charge is 0.264 e. The molecule has 0 saturated heterocycles. The largest absolute Gasteiger partial charge is 0.375 e. The van der Waals surface area contributed by atoms with Crippen LogP contribution in [0.15, 0.2) is 61.2 Å². The minimum Gasteiger partial charge on any atom is -0.375 e. The number of amides is 1. The van der Waals surface area contributed by atoms with Crippen molar-refractivity contribution in [3.05, 3.63) is 77.9 Å². The molecule has 0 saturated carbocycles. The van der Waals surface area contributed by atoms with Gasteiger partial charge in [0.15, 0.2) is 11.4 Å². The van der Waals surface area contributed by atoms with Crippen molar-refractivity contribution in [1.82, 2.24) is 0 Å². The summed E-state index contributed by atoms with van der Waals surface area (Å²) in [6.07, 6.45) is 1.32. The summed E-state index contributed by atoms with van der Waals surface area (Å²) in [6, 6.07) is 14.1. The molecule has 0 radical (unpaired) electrons. The number of aryl methyl sites for hydroxylation is 1. The van der Waals surface area contributed by atoms with Crippen molar-refractivity contribution in [2.24, 2.45) is 0 Å². The topological polar surface area (TPSA) is 57.6 Å². The summed E-state index contributed by atoms with van der Waals surface area (Å²) in [6.45, 7) is 5.88. The van der Waals surface area contributed by atoms with E-state index in [1.165, 1.54) is 4.90 Å². The minimum atomic E-state index is -1.83. The third kappa shape index (κ3) is 2.55. The highest BCUT2D eigenvalue weighted by atomic mass is 16.3.